The Labute approximate surface area is 361 Å². The fraction of sp³-hybridized carbons (Fsp3) is 0.500. The molecule has 2 aromatic carbocycles. The number of aliphatic hydroxyl groups is 7. The number of carbonyl (C=O) groups is 2. The van der Waals surface area contributed by atoms with Crippen LogP contribution in [0.4, 0.5) is 5.82 Å². The van der Waals surface area contributed by atoms with Crippen LogP contribution < -0.4 is 10.1 Å². The van der Waals surface area contributed by atoms with Gasteiger partial charge < -0.3 is 50.5 Å². The first-order valence-corrected chi connectivity index (χ1v) is 23.5. The highest BCUT2D eigenvalue weighted by molar-refractivity contribution is 8.77. The van der Waals surface area contributed by atoms with E-state index < -0.39 is 75.8 Å². The van der Waals surface area contributed by atoms with Crippen molar-refractivity contribution in [2.24, 2.45) is 17.3 Å². The van der Waals surface area contributed by atoms with Gasteiger partial charge in [-0.2, -0.15) is 0 Å². The maximum Gasteiger partial charge on any atom is 0.229 e. The minimum atomic E-state index is -2.25. The Morgan fingerprint density at radius 1 is 0.967 bits per heavy atom. The monoisotopic (exact) mass is 872 g/mol. The van der Waals surface area contributed by atoms with E-state index in [1.165, 1.54) is 39.8 Å². The van der Waals surface area contributed by atoms with Gasteiger partial charge in [0.05, 0.1) is 30.6 Å². The number of nitrogens with zero attached hydrogens (tertiary/aromatic N) is 1. The highest BCUT2D eigenvalue weighted by Gasteiger charge is 2.71. The largest absolute Gasteiger partial charge is 0.511 e. The van der Waals surface area contributed by atoms with Crippen LogP contribution >= 0.6 is 21.6 Å². The van der Waals surface area contributed by atoms with E-state index in [1.54, 1.807) is 24.4 Å². The van der Waals surface area contributed by atoms with E-state index in [4.69, 9.17) is 9.47 Å². The summed E-state index contributed by atoms with van der Waals surface area (Å²) in [5, 5.41) is 83.3. The van der Waals surface area contributed by atoms with Gasteiger partial charge in [0.25, 0.3) is 0 Å². The predicted octanol–water partition coefficient (Wildman–Crippen LogP) is 4.93. The molecule has 3 heterocycles. The number of nitrogens with one attached hydrogen (secondary N) is 1. The summed E-state index contributed by atoms with van der Waals surface area (Å²) in [7, 11) is 2.74. The van der Waals surface area contributed by atoms with Crippen LogP contribution in [0.5, 0.6) is 5.75 Å². The van der Waals surface area contributed by atoms with Crippen LogP contribution in [-0.4, -0.2) is 106 Å². The van der Waals surface area contributed by atoms with Crippen molar-refractivity contribution in [3.8, 4) is 5.75 Å². The van der Waals surface area contributed by atoms with Crippen molar-refractivity contribution >= 4 is 39.0 Å². The fourth-order valence-electron chi connectivity index (χ4n) is 11.6. The molecule has 6 aliphatic rings. The Bertz CT molecular complexity index is 2260. The van der Waals surface area contributed by atoms with Crippen LogP contribution in [0.3, 0.4) is 0 Å². The Morgan fingerprint density at radius 3 is 2.52 bits per heavy atom. The molecule has 2 spiro atoms. The van der Waals surface area contributed by atoms with Crippen LogP contribution in [-0.2, 0) is 23.2 Å². The van der Waals surface area contributed by atoms with Crippen molar-refractivity contribution in [2.75, 3.05) is 24.4 Å². The number of carbonyl (C=O) groups excluding carboxylic acids is 2. The Hall–Kier alpha value is -3.77. The van der Waals surface area contributed by atoms with E-state index >= 15 is 9.59 Å². The van der Waals surface area contributed by atoms with Crippen molar-refractivity contribution < 1.29 is 54.8 Å². The summed E-state index contributed by atoms with van der Waals surface area (Å²) in [4.78, 5) is 35.4. The van der Waals surface area contributed by atoms with Gasteiger partial charge in [0.1, 0.15) is 46.2 Å². The molecule has 0 radical (unpaired) electrons. The van der Waals surface area contributed by atoms with Crippen molar-refractivity contribution in [3.05, 3.63) is 112 Å². The van der Waals surface area contributed by atoms with Gasteiger partial charge in [-0.05, 0) is 91.5 Å². The minimum Gasteiger partial charge on any atom is -0.511 e. The summed E-state index contributed by atoms with van der Waals surface area (Å²) in [6, 6.07) is 15.8. The van der Waals surface area contributed by atoms with Gasteiger partial charge >= 0.3 is 0 Å². The lowest BCUT2D eigenvalue weighted by Crippen LogP contribution is -2.79. The Morgan fingerprint density at radius 2 is 1.75 bits per heavy atom. The van der Waals surface area contributed by atoms with Gasteiger partial charge in [-0.15, -0.1) is 0 Å². The zero-order chi connectivity index (χ0) is 42.7. The quantitative estimate of drug-likeness (QED) is 0.148. The molecule has 8 N–H and O–H groups in total. The average molecular weight is 873 g/mol. The van der Waals surface area contributed by atoms with Gasteiger partial charge in [0.2, 0.25) is 6.29 Å². The molecule has 3 fully saturated rings. The summed E-state index contributed by atoms with van der Waals surface area (Å²) in [6.07, 6.45) is 4.02. The molecule has 9 unspecified atom stereocenters. The molecule has 61 heavy (non-hydrogen) atoms. The number of Topliss-reactive ketones (excluding diaryl/α,β-unsaturated/α-hetero) is 2. The zero-order valence-electron chi connectivity index (χ0n) is 33.6. The normalized spacial score (nSPS) is 34.1. The number of hydrogen-bond donors (Lipinski definition) is 8. The third-order valence-electron chi connectivity index (χ3n) is 14.4. The Kier molecular flexibility index (Phi) is 11.4. The van der Waals surface area contributed by atoms with Gasteiger partial charge in [-0.3, -0.25) is 9.59 Å². The Balaban J connectivity index is 1.21. The van der Waals surface area contributed by atoms with E-state index in [9.17, 15) is 35.7 Å². The number of rotatable bonds is 7. The zero-order valence-corrected chi connectivity index (χ0v) is 35.2. The molecule has 324 valence electrons. The van der Waals surface area contributed by atoms with Crippen LogP contribution in [0.1, 0.15) is 88.8 Å². The number of pyridine rings is 1. The summed E-state index contributed by atoms with van der Waals surface area (Å²) in [5.41, 5.74) is -3.56. The molecule has 1 saturated heterocycles. The molecule has 4 aliphatic carbocycles. The number of fused-ring (bicyclic) bond motifs is 6. The van der Waals surface area contributed by atoms with E-state index in [0.29, 0.717) is 48.5 Å². The smallest absolute Gasteiger partial charge is 0.229 e. The van der Waals surface area contributed by atoms with E-state index in [-0.39, 0.29) is 55.1 Å². The highest BCUT2D eigenvalue weighted by Crippen LogP contribution is 2.61. The summed E-state index contributed by atoms with van der Waals surface area (Å²) >= 11 is 0. The lowest BCUT2D eigenvalue weighted by Gasteiger charge is -2.62. The SMILES string of the molecule is O=C1c2cccc3c2C(=O)C2(C(O)=CC(Cc4cccc(CO)c4)=CC12)C(CCCO)SSCNc1cc(ccn1)C1(CCCC1)C1CCC2(CO)OC(O3)C(O)C1(O)C2O. The molecule has 13 nitrogen and oxygen atoms in total. The fourth-order valence-corrected chi connectivity index (χ4v) is 14.4. The number of ether oxygens (including phenoxy) is 2. The maximum atomic E-state index is 15.7. The number of anilines is 1. The number of allylic oxidation sites excluding steroid dienone is 4. The van der Waals surface area contributed by atoms with Gasteiger partial charge in [-0.25, -0.2) is 4.98 Å². The molecule has 15 heteroatoms. The molecule has 2 aliphatic heterocycles. The van der Waals surface area contributed by atoms with Gasteiger partial charge in [0, 0.05) is 35.0 Å². The lowest BCUT2D eigenvalue weighted by atomic mass is 9.52. The molecule has 3 aromatic rings. The van der Waals surface area contributed by atoms with Crippen molar-refractivity contribution in [1.29, 1.82) is 0 Å². The molecule has 9 atom stereocenters. The van der Waals surface area contributed by atoms with Crippen molar-refractivity contribution in [1.82, 2.24) is 4.98 Å². The third-order valence-corrected chi connectivity index (χ3v) is 17.1. The second kappa shape index (κ2) is 16.4. The molecule has 0 amide bonds. The van der Waals surface area contributed by atoms with Crippen LogP contribution in [0, 0.1) is 17.3 Å². The van der Waals surface area contributed by atoms with E-state index in [1.807, 2.05) is 30.3 Å². The third kappa shape index (κ3) is 6.60. The van der Waals surface area contributed by atoms with Crippen molar-refractivity contribution in [2.45, 2.75) is 105 Å². The van der Waals surface area contributed by atoms with Crippen LogP contribution in [0.15, 0.2) is 84.3 Å². The predicted molar refractivity (Wildman–Crippen MR) is 229 cm³/mol. The summed E-state index contributed by atoms with van der Waals surface area (Å²) < 4.78 is 12.8. The molecular weight excluding hydrogens is 821 g/mol. The maximum absolute atomic E-state index is 15.7. The molecule has 9 rings (SSSR count). The second-order valence-corrected chi connectivity index (χ2v) is 20.1. The lowest BCUT2D eigenvalue weighted by molar-refractivity contribution is -0.381. The van der Waals surface area contributed by atoms with E-state index in [0.717, 1.165) is 24.0 Å². The molecule has 1 aromatic heterocycles. The first kappa shape index (κ1) is 42.5. The topological polar surface area (TPSA) is 219 Å². The minimum absolute atomic E-state index is 0.0405. The molecule has 2 saturated carbocycles. The number of ketones is 2. The number of hydrogen-bond acceptors (Lipinski definition) is 15. The first-order chi connectivity index (χ1) is 29.5. The van der Waals surface area contributed by atoms with Crippen molar-refractivity contribution in [3.63, 3.8) is 0 Å². The second-order valence-electron chi connectivity index (χ2n) is 17.5. The number of benzene rings is 2. The van der Waals surface area contributed by atoms with Gasteiger partial charge in [-0.1, -0.05) is 76.9 Å². The number of aliphatic hydroxyl groups excluding tert-OH is 6. The van der Waals surface area contributed by atoms with Gasteiger partial charge in [0.15, 0.2) is 11.6 Å². The standard InChI is InChI=1S/C46H52N2O11S2/c49-17-5-10-35-45-31(20-28(21-34(45)52)19-26-6-3-7-27(18-26)23-50)38(53)30-8-4-9-32(37(30)39(45)54)58-41-40(55)46(57)33(11-15-44(24-51,59-41)42(46)56)43(13-1-2-14-43)29-12-16-47-36(22-29)48-25-60-61-35/h3-4,6-9,12,16,18,20-22,31,33,35,40-42,49-52,55-57H,1-2,5,10-11,13-15,17,19,23-25H2,(H,47,48). The summed E-state index contributed by atoms with van der Waals surface area (Å²) in [6.45, 7) is -1.05. The molecular formula is C46H52N2O11S2. The van der Waals surface area contributed by atoms with Crippen LogP contribution in [0.25, 0.3) is 0 Å². The first-order valence-electron chi connectivity index (χ1n) is 21.1. The number of aromatic nitrogens is 1. The molecule has 7 bridgehead atoms. The summed E-state index contributed by atoms with van der Waals surface area (Å²) in [5.74, 6) is -2.48. The highest BCUT2D eigenvalue weighted by atomic mass is 33.1. The van der Waals surface area contributed by atoms with E-state index in [2.05, 4.69) is 10.3 Å². The van der Waals surface area contributed by atoms with Crippen LogP contribution in [0.2, 0.25) is 0 Å². The average Bonchev–Trinajstić information content (AvgIpc) is 3.77.